The Morgan fingerprint density at radius 2 is 1.90 bits per heavy atom. The van der Waals surface area contributed by atoms with Gasteiger partial charge in [0.2, 0.25) is 0 Å². The molecule has 3 N–H and O–H groups in total. The van der Waals surface area contributed by atoms with Gasteiger partial charge in [0.25, 0.3) is 5.91 Å². The Balaban J connectivity index is 0.00000361. The van der Waals surface area contributed by atoms with Crippen molar-refractivity contribution >= 4 is 18.3 Å². The quantitative estimate of drug-likeness (QED) is 0.772. The Hall–Kier alpha value is -1.10. The molecule has 5 heteroatoms. The minimum absolute atomic E-state index is 0. The monoisotopic (exact) mass is 299 g/mol. The summed E-state index contributed by atoms with van der Waals surface area (Å²) in [5.41, 5.74) is 7.25. The van der Waals surface area contributed by atoms with Crippen molar-refractivity contribution in [1.82, 2.24) is 10.2 Å². The molecule has 0 saturated carbocycles. The molecule has 0 saturated heterocycles. The maximum Gasteiger partial charge on any atom is 0.251 e. The van der Waals surface area contributed by atoms with Crippen LogP contribution in [0, 0.1) is 0 Å². The number of nitrogens with zero attached hydrogens (tertiary/aromatic N) is 1. The van der Waals surface area contributed by atoms with Gasteiger partial charge in [0.15, 0.2) is 0 Å². The van der Waals surface area contributed by atoms with E-state index in [1.54, 1.807) is 0 Å². The first-order chi connectivity index (χ1) is 9.17. The van der Waals surface area contributed by atoms with E-state index in [0.717, 1.165) is 18.7 Å². The second kappa shape index (κ2) is 10.7. The zero-order valence-electron chi connectivity index (χ0n) is 12.4. The minimum atomic E-state index is -0.0209. The van der Waals surface area contributed by atoms with Crippen molar-refractivity contribution < 1.29 is 4.79 Å². The smallest absolute Gasteiger partial charge is 0.251 e. The van der Waals surface area contributed by atoms with Crippen LogP contribution < -0.4 is 11.1 Å². The number of unbranched alkanes of at least 4 members (excludes halogenated alkanes) is 1. The third-order valence-electron chi connectivity index (χ3n) is 3.12. The van der Waals surface area contributed by atoms with E-state index in [9.17, 15) is 4.79 Å². The molecular weight excluding hydrogens is 274 g/mol. The lowest BCUT2D eigenvalue weighted by Crippen LogP contribution is -2.33. The number of hydrogen-bond donors (Lipinski definition) is 2. The first kappa shape index (κ1) is 18.9. The van der Waals surface area contributed by atoms with Crippen molar-refractivity contribution in [2.75, 3.05) is 26.7 Å². The van der Waals surface area contributed by atoms with Crippen LogP contribution >= 0.6 is 12.4 Å². The highest BCUT2D eigenvalue weighted by Crippen LogP contribution is 2.03. The van der Waals surface area contributed by atoms with Crippen LogP contribution in [-0.2, 0) is 6.54 Å². The average molecular weight is 300 g/mol. The molecule has 0 heterocycles. The van der Waals surface area contributed by atoms with Gasteiger partial charge in [-0.15, -0.1) is 12.4 Å². The highest BCUT2D eigenvalue weighted by atomic mass is 35.5. The maximum absolute atomic E-state index is 11.9. The Kier molecular flexibility index (Phi) is 10.1. The molecule has 114 valence electrons. The molecule has 1 rings (SSSR count). The Morgan fingerprint density at radius 1 is 1.25 bits per heavy atom. The fourth-order valence-corrected chi connectivity index (χ4v) is 1.79. The molecule has 0 spiro atoms. The summed E-state index contributed by atoms with van der Waals surface area (Å²) in [6.07, 6.45) is 2.40. The van der Waals surface area contributed by atoms with E-state index in [4.69, 9.17) is 5.73 Å². The molecule has 0 unspecified atom stereocenters. The average Bonchev–Trinajstić information content (AvgIpc) is 2.45. The number of amides is 1. The number of benzene rings is 1. The Bertz CT molecular complexity index is 381. The van der Waals surface area contributed by atoms with Crippen molar-refractivity contribution in [1.29, 1.82) is 0 Å². The van der Waals surface area contributed by atoms with Gasteiger partial charge in [0.05, 0.1) is 0 Å². The molecular formula is C15H26ClN3O. The van der Waals surface area contributed by atoms with E-state index in [1.807, 2.05) is 24.3 Å². The lowest BCUT2D eigenvalue weighted by Gasteiger charge is -2.16. The molecule has 0 bridgehead atoms. The van der Waals surface area contributed by atoms with Gasteiger partial charge in [0.1, 0.15) is 0 Å². The van der Waals surface area contributed by atoms with Gasteiger partial charge in [-0.2, -0.15) is 0 Å². The third kappa shape index (κ3) is 6.89. The normalized spacial score (nSPS) is 10.2. The summed E-state index contributed by atoms with van der Waals surface area (Å²) in [4.78, 5) is 14.1. The van der Waals surface area contributed by atoms with E-state index in [1.165, 1.54) is 12.8 Å². The number of halogens is 1. The fourth-order valence-electron chi connectivity index (χ4n) is 1.79. The van der Waals surface area contributed by atoms with Crippen molar-refractivity contribution in [3.8, 4) is 0 Å². The van der Waals surface area contributed by atoms with Crippen LogP contribution in [-0.4, -0.2) is 37.5 Å². The summed E-state index contributed by atoms with van der Waals surface area (Å²) in [6, 6.07) is 7.42. The molecule has 4 nitrogen and oxygen atoms in total. The number of hydrogen-bond acceptors (Lipinski definition) is 3. The van der Waals surface area contributed by atoms with Gasteiger partial charge in [-0.05, 0) is 37.7 Å². The summed E-state index contributed by atoms with van der Waals surface area (Å²) < 4.78 is 0. The maximum atomic E-state index is 11.9. The molecule has 20 heavy (non-hydrogen) atoms. The van der Waals surface area contributed by atoms with E-state index in [2.05, 4.69) is 24.2 Å². The van der Waals surface area contributed by atoms with Crippen molar-refractivity contribution in [2.45, 2.75) is 26.3 Å². The summed E-state index contributed by atoms with van der Waals surface area (Å²) in [6.45, 7) is 5.33. The molecule has 0 aliphatic carbocycles. The van der Waals surface area contributed by atoms with Gasteiger partial charge in [-0.3, -0.25) is 4.79 Å². The third-order valence-corrected chi connectivity index (χ3v) is 3.12. The van der Waals surface area contributed by atoms with E-state index < -0.39 is 0 Å². The topological polar surface area (TPSA) is 58.4 Å². The SMILES string of the molecule is CCCCN(C)CCNC(=O)c1ccc(CN)cc1.Cl. The molecule has 0 radical (unpaired) electrons. The zero-order valence-corrected chi connectivity index (χ0v) is 13.2. The van der Waals surface area contributed by atoms with E-state index >= 15 is 0 Å². The number of nitrogens with one attached hydrogen (secondary N) is 1. The number of nitrogens with two attached hydrogens (primary N) is 1. The predicted molar refractivity (Wildman–Crippen MR) is 86.3 cm³/mol. The molecule has 0 atom stereocenters. The van der Waals surface area contributed by atoms with Gasteiger partial charge in [0, 0.05) is 25.2 Å². The fraction of sp³-hybridized carbons (Fsp3) is 0.533. The standard InChI is InChI=1S/C15H25N3O.ClH/c1-3-4-10-18(2)11-9-17-15(19)14-7-5-13(12-16)6-8-14;/h5-8H,3-4,9-12,16H2,1-2H3,(H,17,19);1H. The summed E-state index contributed by atoms with van der Waals surface area (Å²) in [5, 5.41) is 2.93. The van der Waals surface area contributed by atoms with Crippen LogP contribution in [0.1, 0.15) is 35.7 Å². The first-order valence-electron chi connectivity index (χ1n) is 6.93. The second-order valence-corrected chi connectivity index (χ2v) is 4.81. The second-order valence-electron chi connectivity index (χ2n) is 4.81. The molecule has 1 amide bonds. The van der Waals surface area contributed by atoms with Crippen LogP contribution in [0.4, 0.5) is 0 Å². The number of rotatable bonds is 8. The van der Waals surface area contributed by atoms with Crippen LogP contribution in [0.3, 0.4) is 0 Å². The number of carbonyl (C=O) groups excluding carboxylic acids is 1. The highest BCUT2D eigenvalue weighted by molar-refractivity contribution is 5.94. The van der Waals surface area contributed by atoms with E-state index in [-0.39, 0.29) is 18.3 Å². The highest BCUT2D eigenvalue weighted by Gasteiger charge is 2.05. The predicted octanol–water partition coefficient (Wildman–Crippen LogP) is 2.03. The lowest BCUT2D eigenvalue weighted by atomic mass is 10.1. The molecule has 1 aromatic carbocycles. The van der Waals surface area contributed by atoms with Gasteiger partial charge in [-0.1, -0.05) is 25.5 Å². The summed E-state index contributed by atoms with van der Waals surface area (Å²) >= 11 is 0. The van der Waals surface area contributed by atoms with Gasteiger partial charge >= 0.3 is 0 Å². The zero-order chi connectivity index (χ0) is 14.1. The van der Waals surface area contributed by atoms with Crippen molar-refractivity contribution in [2.24, 2.45) is 5.73 Å². The number of carbonyl (C=O) groups is 1. The molecule has 0 aliphatic heterocycles. The van der Waals surface area contributed by atoms with Crippen LogP contribution in [0.5, 0.6) is 0 Å². The summed E-state index contributed by atoms with van der Waals surface area (Å²) in [5.74, 6) is -0.0209. The first-order valence-corrected chi connectivity index (χ1v) is 6.93. The molecule has 0 aromatic heterocycles. The molecule has 1 aromatic rings. The minimum Gasteiger partial charge on any atom is -0.351 e. The van der Waals surface area contributed by atoms with Crippen LogP contribution in [0.25, 0.3) is 0 Å². The summed E-state index contributed by atoms with van der Waals surface area (Å²) in [7, 11) is 2.08. The van der Waals surface area contributed by atoms with E-state index in [0.29, 0.717) is 18.7 Å². The van der Waals surface area contributed by atoms with Crippen molar-refractivity contribution in [3.63, 3.8) is 0 Å². The Labute approximate surface area is 128 Å². The lowest BCUT2D eigenvalue weighted by molar-refractivity contribution is 0.0950. The van der Waals surface area contributed by atoms with Crippen LogP contribution in [0.15, 0.2) is 24.3 Å². The van der Waals surface area contributed by atoms with Gasteiger partial charge < -0.3 is 16.0 Å². The molecule has 0 aliphatic rings. The number of likely N-dealkylation sites (N-methyl/N-ethyl adjacent to an activating group) is 1. The largest absolute Gasteiger partial charge is 0.351 e. The van der Waals surface area contributed by atoms with Crippen molar-refractivity contribution in [3.05, 3.63) is 35.4 Å². The van der Waals surface area contributed by atoms with Crippen LogP contribution in [0.2, 0.25) is 0 Å². The molecule has 0 fully saturated rings. The Morgan fingerprint density at radius 3 is 2.45 bits per heavy atom. The van der Waals surface area contributed by atoms with Gasteiger partial charge in [-0.25, -0.2) is 0 Å².